The number of morpholine rings is 1. The molecule has 1 aromatic rings. The van der Waals surface area contributed by atoms with Crippen LogP contribution in [0.4, 0.5) is 4.79 Å². The maximum atomic E-state index is 12.8. The summed E-state index contributed by atoms with van der Waals surface area (Å²) in [4.78, 5) is 27.3. The Morgan fingerprint density at radius 3 is 2.74 bits per heavy atom. The topological polar surface area (TPSA) is 89.1 Å². The van der Waals surface area contributed by atoms with Crippen LogP contribution in [0.3, 0.4) is 0 Å². The third kappa shape index (κ3) is 4.40. The van der Waals surface area contributed by atoms with Crippen molar-refractivity contribution in [2.75, 3.05) is 46.6 Å². The molecule has 0 unspecified atom stereocenters. The number of nitrogens with one attached hydrogen (secondary N) is 2. The van der Waals surface area contributed by atoms with Gasteiger partial charge >= 0.3 is 12.0 Å². The van der Waals surface area contributed by atoms with Crippen LogP contribution in [-0.4, -0.2) is 63.5 Å². The van der Waals surface area contributed by atoms with Crippen molar-refractivity contribution < 1.29 is 23.8 Å². The van der Waals surface area contributed by atoms with Crippen molar-refractivity contribution in [2.45, 2.75) is 13.0 Å². The van der Waals surface area contributed by atoms with Gasteiger partial charge < -0.3 is 24.8 Å². The highest BCUT2D eigenvalue weighted by atomic mass is 16.5. The van der Waals surface area contributed by atoms with Gasteiger partial charge in [-0.25, -0.2) is 9.59 Å². The van der Waals surface area contributed by atoms with Gasteiger partial charge in [-0.2, -0.15) is 0 Å². The fourth-order valence-electron chi connectivity index (χ4n) is 3.31. The molecule has 1 aromatic carbocycles. The Morgan fingerprint density at radius 1 is 1.30 bits per heavy atom. The molecule has 1 fully saturated rings. The zero-order valence-electron chi connectivity index (χ0n) is 15.6. The van der Waals surface area contributed by atoms with Crippen LogP contribution < -0.4 is 15.4 Å². The number of hydrogen-bond donors (Lipinski definition) is 2. The van der Waals surface area contributed by atoms with E-state index in [1.54, 1.807) is 20.1 Å². The van der Waals surface area contributed by atoms with E-state index in [-0.39, 0.29) is 12.6 Å². The molecule has 2 heterocycles. The predicted octanol–water partition coefficient (Wildman–Crippen LogP) is 1.20. The van der Waals surface area contributed by atoms with Crippen molar-refractivity contribution in [1.29, 1.82) is 0 Å². The van der Waals surface area contributed by atoms with Gasteiger partial charge in [0.25, 0.3) is 0 Å². The summed E-state index contributed by atoms with van der Waals surface area (Å²) >= 11 is 0. The van der Waals surface area contributed by atoms with Crippen LogP contribution in [0.25, 0.3) is 0 Å². The van der Waals surface area contributed by atoms with E-state index < -0.39 is 12.0 Å². The number of benzene rings is 1. The molecule has 2 amide bonds. The van der Waals surface area contributed by atoms with E-state index in [1.165, 1.54) is 0 Å². The highest BCUT2D eigenvalue weighted by Crippen LogP contribution is 2.33. The average Bonchev–Trinajstić information content (AvgIpc) is 2.68. The number of esters is 1. The van der Waals surface area contributed by atoms with E-state index in [0.717, 1.165) is 13.1 Å². The molecule has 2 aliphatic heterocycles. The third-order valence-corrected chi connectivity index (χ3v) is 4.58. The molecule has 1 atom stereocenters. The van der Waals surface area contributed by atoms with Crippen LogP contribution in [0.2, 0.25) is 0 Å². The summed E-state index contributed by atoms with van der Waals surface area (Å²) in [5, 5.41) is 5.63. The number of ether oxygens (including phenoxy) is 3. The van der Waals surface area contributed by atoms with E-state index in [0.29, 0.717) is 42.3 Å². The van der Waals surface area contributed by atoms with Gasteiger partial charge in [0.15, 0.2) is 0 Å². The fraction of sp³-hybridized carbons (Fsp3) is 0.474. The summed E-state index contributed by atoms with van der Waals surface area (Å²) in [7, 11) is 1.56. The number of carbonyl (C=O) groups excluding carboxylic acids is 2. The molecule has 8 heteroatoms. The van der Waals surface area contributed by atoms with Gasteiger partial charge in [-0.1, -0.05) is 18.2 Å². The van der Waals surface area contributed by atoms with Crippen LogP contribution in [0, 0.1) is 0 Å². The number of urea groups is 1. The quantitative estimate of drug-likeness (QED) is 0.727. The van der Waals surface area contributed by atoms with Gasteiger partial charge in [0.2, 0.25) is 0 Å². The van der Waals surface area contributed by atoms with Crippen LogP contribution >= 0.6 is 0 Å². The number of methoxy groups -OCH3 is 1. The number of para-hydroxylation sites is 1. The lowest BCUT2D eigenvalue weighted by atomic mass is 9.94. The Labute approximate surface area is 158 Å². The summed E-state index contributed by atoms with van der Waals surface area (Å²) in [6, 6.07) is 6.31. The molecular weight excluding hydrogens is 350 g/mol. The summed E-state index contributed by atoms with van der Waals surface area (Å²) in [5.41, 5.74) is 1.65. The largest absolute Gasteiger partial charge is 0.496 e. The molecule has 0 aromatic heterocycles. The Balaban J connectivity index is 2.02. The van der Waals surface area contributed by atoms with E-state index in [2.05, 4.69) is 15.5 Å². The Morgan fingerprint density at radius 2 is 2.04 bits per heavy atom. The molecule has 27 heavy (non-hydrogen) atoms. The number of carbonyl (C=O) groups is 2. The normalized spacial score (nSPS) is 20.7. The number of amides is 2. The van der Waals surface area contributed by atoms with Crippen molar-refractivity contribution >= 4 is 12.0 Å². The van der Waals surface area contributed by atoms with Gasteiger partial charge in [0.1, 0.15) is 5.75 Å². The highest BCUT2D eigenvalue weighted by molar-refractivity contribution is 5.95. The first kappa shape index (κ1) is 19.2. The van der Waals surface area contributed by atoms with Gasteiger partial charge in [-0.3, -0.25) is 4.90 Å². The smallest absolute Gasteiger partial charge is 0.338 e. The molecule has 8 nitrogen and oxygen atoms in total. The van der Waals surface area contributed by atoms with Crippen molar-refractivity contribution in [1.82, 2.24) is 15.5 Å². The zero-order valence-corrected chi connectivity index (χ0v) is 15.6. The standard InChI is InChI=1S/C19H25N3O5/c1-3-27-18(23)16-14(12-22-8-10-26-11-9-22)20-19(24)21-17(16)13-6-4-5-7-15(13)25-2/h4-7,17H,3,8-12H2,1-2H3,(H2,20,21,24)/t17-/m0/s1. The van der Waals surface area contributed by atoms with Gasteiger partial charge in [0.05, 0.1) is 38.5 Å². The molecule has 2 N–H and O–H groups in total. The molecule has 0 aliphatic carbocycles. The second-order valence-corrected chi connectivity index (χ2v) is 6.27. The van der Waals surface area contributed by atoms with E-state index >= 15 is 0 Å². The van der Waals surface area contributed by atoms with E-state index in [1.807, 2.05) is 18.2 Å². The van der Waals surface area contributed by atoms with Crippen molar-refractivity contribution in [3.8, 4) is 5.75 Å². The second kappa shape index (κ2) is 8.88. The minimum Gasteiger partial charge on any atom is -0.496 e. The fourth-order valence-corrected chi connectivity index (χ4v) is 3.31. The van der Waals surface area contributed by atoms with Gasteiger partial charge in [0, 0.05) is 30.9 Å². The molecule has 0 bridgehead atoms. The predicted molar refractivity (Wildman–Crippen MR) is 98.3 cm³/mol. The summed E-state index contributed by atoms with van der Waals surface area (Å²) in [6.07, 6.45) is 0. The van der Waals surface area contributed by atoms with Crippen molar-refractivity contribution in [2.24, 2.45) is 0 Å². The number of hydrogen-bond acceptors (Lipinski definition) is 6. The molecule has 1 saturated heterocycles. The molecule has 0 radical (unpaired) electrons. The molecular formula is C19H25N3O5. The number of nitrogens with zero attached hydrogens (tertiary/aromatic N) is 1. The van der Waals surface area contributed by atoms with Gasteiger partial charge in [-0.05, 0) is 13.0 Å². The molecule has 146 valence electrons. The third-order valence-electron chi connectivity index (χ3n) is 4.58. The van der Waals surface area contributed by atoms with Crippen LogP contribution in [0.1, 0.15) is 18.5 Å². The van der Waals surface area contributed by atoms with Gasteiger partial charge in [-0.15, -0.1) is 0 Å². The average molecular weight is 375 g/mol. The zero-order chi connectivity index (χ0) is 19.2. The lowest BCUT2D eigenvalue weighted by molar-refractivity contribution is -0.139. The number of rotatable bonds is 6. The Hall–Kier alpha value is -2.58. The molecule has 0 saturated carbocycles. The van der Waals surface area contributed by atoms with Crippen LogP contribution in [0.15, 0.2) is 35.5 Å². The maximum absolute atomic E-state index is 12.8. The molecule has 0 spiro atoms. The Kier molecular flexibility index (Phi) is 6.31. The maximum Gasteiger partial charge on any atom is 0.338 e. The first-order valence-electron chi connectivity index (χ1n) is 9.04. The lowest BCUT2D eigenvalue weighted by Gasteiger charge is -2.33. The monoisotopic (exact) mass is 375 g/mol. The lowest BCUT2D eigenvalue weighted by Crippen LogP contribution is -2.49. The highest BCUT2D eigenvalue weighted by Gasteiger charge is 2.35. The first-order chi connectivity index (χ1) is 13.1. The molecule has 2 aliphatic rings. The van der Waals surface area contributed by atoms with Crippen molar-refractivity contribution in [3.05, 3.63) is 41.1 Å². The van der Waals surface area contributed by atoms with Crippen molar-refractivity contribution in [3.63, 3.8) is 0 Å². The van der Waals surface area contributed by atoms with Crippen LogP contribution in [0.5, 0.6) is 5.75 Å². The SMILES string of the molecule is CCOC(=O)C1=C(CN2CCOCC2)NC(=O)N[C@H]1c1ccccc1OC. The Bertz CT molecular complexity index is 728. The second-order valence-electron chi connectivity index (χ2n) is 6.27. The summed E-state index contributed by atoms with van der Waals surface area (Å²) in [5.74, 6) is 0.140. The molecule has 3 rings (SSSR count). The van der Waals surface area contributed by atoms with E-state index in [4.69, 9.17) is 14.2 Å². The first-order valence-corrected chi connectivity index (χ1v) is 9.04. The minimum atomic E-state index is -0.648. The summed E-state index contributed by atoms with van der Waals surface area (Å²) in [6.45, 7) is 5.18. The summed E-state index contributed by atoms with van der Waals surface area (Å²) < 4.78 is 16.1. The van der Waals surface area contributed by atoms with Crippen LogP contribution in [-0.2, 0) is 14.3 Å². The van der Waals surface area contributed by atoms with E-state index in [9.17, 15) is 9.59 Å². The minimum absolute atomic E-state index is 0.250.